The molecule has 0 saturated carbocycles. The number of aromatic nitrogens is 2. The fraction of sp³-hybridized carbons (Fsp3) is 0.478. The molecular weight excluding hydrogens is 412 g/mol. The second-order valence-electron chi connectivity index (χ2n) is 8.01. The van der Waals surface area contributed by atoms with Crippen molar-refractivity contribution in [2.45, 2.75) is 51.7 Å². The van der Waals surface area contributed by atoms with E-state index in [0.29, 0.717) is 49.0 Å². The van der Waals surface area contributed by atoms with E-state index in [4.69, 9.17) is 9.47 Å². The molecule has 0 aliphatic carbocycles. The average Bonchev–Trinajstić information content (AvgIpc) is 3.32. The lowest BCUT2D eigenvalue weighted by Crippen LogP contribution is -2.40. The lowest BCUT2D eigenvalue weighted by atomic mass is 10.0. The van der Waals surface area contributed by atoms with Crippen molar-refractivity contribution in [1.29, 1.82) is 0 Å². The van der Waals surface area contributed by atoms with Crippen molar-refractivity contribution in [3.05, 3.63) is 40.7 Å². The van der Waals surface area contributed by atoms with Gasteiger partial charge >= 0.3 is 6.03 Å². The highest BCUT2D eigenvalue weighted by Crippen LogP contribution is 2.29. The fourth-order valence-electron chi connectivity index (χ4n) is 4.05. The summed E-state index contributed by atoms with van der Waals surface area (Å²) in [7, 11) is 0. The van der Waals surface area contributed by atoms with E-state index in [1.807, 2.05) is 0 Å². The van der Waals surface area contributed by atoms with Crippen molar-refractivity contribution in [3.63, 3.8) is 0 Å². The molecular formula is C23H28N4O5. The summed E-state index contributed by atoms with van der Waals surface area (Å²) in [5.74, 6) is 1.54. The number of carbonyl (C=O) groups is 2. The monoisotopic (exact) mass is 440 g/mol. The summed E-state index contributed by atoms with van der Waals surface area (Å²) in [6.45, 7) is 3.53. The predicted octanol–water partition coefficient (Wildman–Crippen LogP) is 2.89. The molecule has 9 nitrogen and oxygen atoms in total. The highest BCUT2D eigenvalue weighted by Gasteiger charge is 2.26. The van der Waals surface area contributed by atoms with Gasteiger partial charge in [0.1, 0.15) is 29.2 Å². The van der Waals surface area contributed by atoms with E-state index in [0.717, 1.165) is 43.2 Å². The zero-order valence-corrected chi connectivity index (χ0v) is 18.2. The summed E-state index contributed by atoms with van der Waals surface area (Å²) in [6, 6.07) is 3.13. The number of rotatable bonds is 7. The Bertz CT molecular complexity index is 991. The lowest BCUT2D eigenvalue weighted by molar-refractivity contribution is 0.111. The molecule has 1 fully saturated rings. The molecule has 0 aromatic carbocycles. The molecule has 4 heterocycles. The van der Waals surface area contributed by atoms with Gasteiger partial charge in [-0.25, -0.2) is 14.8 Å². The van der Waals surface area contributed by atoms with E-state index >= 15 is 0 Å². The largest absolute Gasteiger partial charge is 0.487 e. The topological polar surface area (TPSA) is 114 Å². The number of aryl methyl sites for hydroxylation is 2. The quantitative estimate of drug-likeness (QED) is 0.636. The van der Waals surface area contributed by atoms with Gasteiger partial charge in [-0.15, -0.1) is 0 Å². The second-order valence-corrected chi connectivity index (χ2v) is 8.01. The third-order valence-electron chi connectivity index (χ3n) is 5.68. The summed E-state index contributed by atoms with van der Waals surface area (Å²) in [4.78, 5) is 34.7. The molecule has 9 heteroatoms. The molecule has 32 heavy (non-hydrogen) atoms. The van der Waals surface area contributed by atoms with Crippen LogP contribution < -0.4 is 15.0 Å². The van der Waals surface area contributed by atoms with E-state index in [-0.39, 0.29) is 24.4 Å². The molecule has 1 unspecified atom stereocenters. The van der Waals surface area contributed by atoms with Crippen molar-refractivity contribution >= 4 is 24.0 Å². The van der Waals surface area contributed by atoms with Gasteiger partial charge in [0.2, 0.25) is 0 Å². The second kappa shape index (κ2) is 10.1. The number of aliphatic hydroxyl groups is 1. The minimum atomic E-state index is -0.377. The normalized spacial score (nSPS) is 17.7. The number of aldehydes is 1. The maximum atomic E-state index is 13.1. The van der Waals surface area contributed by atoms with Crippen LogP contribution in [0.2, 0.25) is 0 Å². The van der Waals surface area contributed by atoms with Crippen LogP contribution in [0.4, 0.5) is 16.4 Å². The number of aliphatic hydroxyl groups excluding tert-OH is 1. The molecule has 2 aliphatic heterocycles. The Labute approximate surface area is 186 Å². The minimum absolute atomic E-state index is 0.00258. The number of amides is 2. The molecule has 1 saturated heterocycles. The van der Waals surface area contributed by atoms with Gasteiger partial charge < -0.3 is 14.6 Å². The van der Waals surface area contributed by atoms with Crippen LogP contribution in [0, 0.1) is 0 Å². The van der Waals surface area contributed by atoms with Crippen molar-refractivity contribution in [2.75, 3.05) is 30.0 Å². The number of pyridine rings is 2. The first kappa shape index (κ1) is 22.2. The van der Waals surface area contributed by atoms with E-state index in [9.17, 15) is 14.7 Å². The first-order valence-corrected chi connectivity index (χ1v) is 11.0. The molecule has 2 aliphatic rings. The van der Waals surface area contributed by atoms with Gasteiger partial charge in [0, 0.05) is 36.4 Å². The summed E-state index contributed by atoms with van der Waals surface area (Å²) in [5, 5.41) is 12.3. The smallest absolute Gasteiger partial charge is 0.328 e. The van der Waals surface area contributed by atoms with Crippen LogP contribution in [0.1, 0.15) is 53.4 Å². The van der Waals surface area contributed by atoms with Crippen LogP contribution >= 0.6 is 0 Å². The van der Waals surface area contributed by atoms with Crippen LogP contribution in [0.5, 0.6) is 5.75 Å². The molecule has 0 radical (unpaired) electrons. The number of urea groups is 1. The summed E-state index contributed by atoms with van der Waals surface area (Å²) in [5.41, 5.74) is 2.43. The average molecular weight is 441 g/mol. The van der Waals surface area contributed by atoms with E-state index in [1.165, 1.54) is 4.90 Å². The van der Waals surface area contributed by atoms with Crippen molar-refractivity contribution in [3.8, 4) is 5.75 Å². The number of nitrogens with one attached hydrogen (secondary N) is 1. The van der Waals surface area contributed by atoms with Gasteiger partial charge in [-0.1, -0.05) is 13.3 Å². The third-order valence-corrected chi connectivity index (χ3v) is 5.68. The van der Waals surface area contributed by atoms with Crippen LogP contribution in [0.25, 0.3) is 0 Å². The number of anilines is 2. The van der Waals surface area contributed by atoms with Crippen molar-refractivity contribution < 1.29 is 24.2 Å². The van der Waals surface area contributed by atoms with Gasteiger partial charge in [-0.2, -0.15) is 0 Å². The first-order chi connectivity index (χ1) is 15.6. The number of nitrogens with zero attached hydrogens (tertiary/aromatic N) is 3. The number of hydrogen-bond donors (Lipinski definition) is 2. The molecule has 2 amide bonds. The molecule has 4 rings (SSSR count). The Balaban J connectivity index is 1.56. The van der Waals surface area contributed by atoms with Crippen LogP contribution in [-0.2, 0) is 24.2 Å². The van der Waals surface area contributed by atoms with Crippen LogP contribution in [-0.4, -0.2) is 53.3 Å². The SMILES string of the molecule is CCCc1cnc(NC(=O)N2CCCc3cc(CO)c(C=O)nc32)cc1OC1CCOC1. The molecule has 2 N–H and O–H groups in total. The summed E-state index contributed by atoms with van der Waals surface area (Å²) in [6.07, 6.45) is 6.44. The maximum absolute atomic E-state index is 13.1. The number of hydrogen-bond acceptors (Lipinski definition) is 7. The standard InChI is InChI=1S/C23H28N4O5/c1-2-4-16-11-24-21(10-20(16)32-18-6-8-31-14-18)26-23(30)27-7-3-5-15-9-17(12-28)19(13-29)25-22(15)27/h9-11,13,18,28H,2-8,12,14H2,1H3,(H,24,26,30). The Morgan fingerprint density at radius 3 is 3.00 bits per heavy atom. The van der Waals surface area contributed by atoms with E-state index < -0.39 is 0 Å². The van der Waals surface area contributed by atoms with E-state index in [1.54, 1.807) is 18.3 Å². The Hall–Kier alpha value is -3.04. The number of fused-ring (bicyclic) bond motifs is 1. The van der Waals surface area contributed by atoms with Gasteiger partial charge in [0.05, 0.1) is 19.8 Å². The molecule has 2 aromatic heterocycles. The third kappa shape index (κ3) is 4.73. The Morgan fingerprint density at radius 2 is 2.28 bits per heavy atom. The summed E-state index contributed by atoms with van der Waals surface area (Å²) < 4.78 is 11.5. The van der Waals surface area contributed by atoms with Gasteiger partial charge in [0.15, 0.2) is 6.29 Å². The molecule has 0 bridgehead atoms. The zero-order chi connectivity index (χ0) is 22.5. The molecule has 1 atom stereocenters. The van der Waals surface area contributed by atoms with Gasteiger partial charge in [0.25, 0.3) is 0 Å². The van der Waals surface area contributed by atoms with Gasteiger partial charge in [-0.05, 0) is 30.9 Å². The Kier molecular flexibility index (Phi) is 6.96. The van der Waals surface area contributed by atoms with Crippen molar-refractivity contribution in [2.24, 2.45) is 0 Å². The zero-order valence-electron chi connectivity index (χ0n) is 18.2. The van der Waals surface area contributed by atoms with Crippen LogP contribution in [0.15, 0.2) is 18.3 Å². The fourth-order valence-corrected chi connectivity index (χ4v) is 4.05. The van der Waals surface area contributed by atoms with Crippen LogP contribution in [0.3, 0.4) is 0 Å². The predicted molar refractivity (Wildman–Crippen MR) is 118 cm³/mol. The maximum Gasteiger partial charge on any atom is 0.328 e. The van der Waals surface area contributed by atoms with Gasteiger partial charge in [-0.3, -0.25) is 15.0 Å². The van der Waals surface area contributed by atoms with Crippen molar-refractivity contribution in [1.82, 2.24) is 9.97 Å². The highest BCUT2D eigenvalue weighted by molar-refractivity contribution is 6.01. The lowest BCUT2D eigenvalue weighted by Gasteiger charge is -2.29. The highest BCUT2D eigenvalue weighted by atomic mass is 16.5. The number of carbonyl (C=O) groups excluding carboxylic acids is 2. The molecule has 170 valence electrons. The minimum Gasteiger partial charge on any atom is -0.487 e. The molecule has 2 aromatic rings. The summed E-state index contributed by atoms with van der Waals surface area (Å²) >= 11 is 0. The Morgan fingerprint density at radius 1 is 1.41 bits per heavy atom. The number of ether oxygens (including phenoxy) is 2. The first-order valence-electron chi connectivity index (χ1n) is 11.0. The molecule has 0 spiro atoms. The van der Waals surface area contributed by atoms with E-state index in [2.05, 4.69) is 22.2 Å².